The first-order valence-electron chi connectivity index (χ1n) is 9.76. The van der Waals surface area contributed by atoms with Gasteiger partial charge in [-0.25, -0.2) is 13.2 Å². The third-order valence-electron chi connectivity index (χ3n) is 4.75. The highest BCUT2D eigenvalue weighted by molar-refractivity contribution is 7.89. The first-order chi connectivity index (χ1) is 14.3. The molecule has 0 amide bonds. The monoisotopic (exact) mass is 467 g/mol. The molecule has 3 rings (SSSR count). The number of rotatable bonds is 6. The fourth-order valence-electron chi connectivity index (χ4n) is 3.22. The third kappa shape index (κ3) is 5.18. The van der Waals surface area contributed by atoms with E-state index in [-0.39, 0.29) is 4.90 Å². The van der Waals surface area contributed by atoms with Gasteiger partial charge in [-0.05, 0) is 74.1 Å². The maximum Gasteiger partial charge on any atom is 0.341 e. The van der Waals surface area contributed by atoms with E-state index in [0.717, 1.165) is 24.8 Å². The number of hydrogen-bond donors (Lipinski definition) is 2. The number of aryl methyl sites for hydroxylation is 1. The van der Waals surface area contributed by atoms with Gasteiger partial charge >= 0.3 is 5.97 Å². The Hall–Kier alpha value is -2.01. The number of ether oxygens (including phenoxy) is 1. The van der Waals surface area contributed by atoms with E-state index >= 15 is 0 Å². The van der Waals surface area contributed by atoms with E-state index in [9.17, 15) is 13.2 Å². The van der Waals surface area contributed by atoms with Crippen molar-refractivity contribution in [1.29, 1.82) is 0 Å². The molecular weight excluding hydrogens is 442 g/mol. The molecule has 10 heteroatoms. The van der Waals surface area contributed by atoms with Crippen LogP contribution in [0, 0.1) is 6.92 Å². The average molecular weight is 468 g/mol. The molecule has 0 aliphatic carbocycles. The van der Waals surface area contributed by atoms with Crippen molar-refractivity contribution in [2.24, 2.45) is 0 Å². The third-order valence-corrected chi connectivity index (χ3v) is 7.88. The molecule has 0 saturated carbocycles. The van der Waals surface area contributed by atoms with Gasteiger partial charge in [0.05, 0.1) is 17.1 Å². The lowest BCUT2D eigenvalue weighted by Gasteiger charge is -2.25. The van der Waals surface area contributed by atoms with Crippen LogP contribution in [-0.2, 0) is 14.8 Å². The smallest absolute Gasteiger partial charge is 0.341 e. The minimum Gasteiger partial charge on any atom is -0.462 e. The van der Waals surface area contributed by atoms with Crippen LogP contribution in [0.25, 0.3) is 0 Å². The number of hydrogen-bond acceptors (Lipinski definition) is 6. The number of thiophene rings is 1. The number of esters is 1. The summed E-state index contributed by atoms with van der Waals surface area (Å²) in [5.74, 6) is -0.395. The van der Waals surface area contributed by atoms with Crippen LogP contribution in [0.4, 0.5) is 10.7 Å². The second-order valence-corrected chi connectivity index (χ2v) is 10.1. The quantitative estimate of drug-likeness (QED) is 0.486. The summed E-state index contributed by atoms with van der Waals surface area (Å²) in [5.41, 5.74) is 1.93. The Morgan fingerprint density at radius 3 is 2.47 bits per heavy atom. The highest BCUT2D eigenvalue weighted by Gasteiger charge is 2.25. The zero-order valence-corrected chi connectivity index (χ0v) is 19.4. The van der Waals surface area contributed by atoms with Crippen molar-refractivity contribution in [2.45, 2.75) is 38.0 Å². The van der Waals surface area contributed by atoms with Crippen LogP contribution in [0.3, 0.4) is 0 Å². The zero-order valence-electron chi connectivity index (χ0n) is 16.9. The molecule has 1 aromatic heterocycles. The lowest BCUT2D eigenvalue weighted by molar-refractivity contribution is 0.0527. The van der Waals surface area contributed by atoms with Crippen LogP contribution >= 0.6 is 23.6 Å². The van der Waals surface area contributed by atoms with Gasteiger partial charge in [0.25, 0.3) is 0 Å². The Morgan fingerprint density at radius 1 is 1.17 bits per heavy atom. The molecule has 0 unspecified atom stereocenters. The van der Waals surface area contributed by atoms with E-state index < -0.39 is 16.0 Å². The topological polar surface area (TPSA) is 87.7 Å². The Labute approximate surface area is 186 Å². The van der Waals surface area contributed by atoms with Crippen molar-refractivity contribution in [3.63, 3.8) is 0 Å². The minimum absolute atomic E-state index is 0.271. The maximum atomic E-state index is 12.7. The number of carbonyl (C=O) groups is 1. The molecule has 7 nitrogen and oxygen atoms in total. The van der Waals surface area contributed by atoms with Crippen molar-refractivity contribution >= 4 is 55.3 Å². The van der Waals surface area contributed by atoms with E-state index in [0.29, 0.717) is 41.1 Å². The number of piperidine rings is 1. The zero-order chi connectivity index (χ0) is 21.7. The summed E-state index contributed by atoms with van der Waals surface area (Å²) in [6.45, 7) is 5.03. The highest BCUT2D eigenvalue weighted by Crippen LogP contribution is 2.29. The van der Waals surface area contributed by atoms with E-state index in [1.54, 1.807) is 35.5 Å². The Kier molecular flexibility index (Phi) is 7.45. The van der Waals surface area contributed by atoms with E-state index in [1.165, 1.54) is 11.3 Å². The Bertz CT molecular complexity index is 1010. The van der Waals surface area contributed by atoms with Gasteiger partial charge in [-0.3, -0.25) is 0 Å². The van der Waals surface area contributed by atoms with Gasteiger partial charge in [0.1, 0.15) is 5.00 Å². The van der Waals surface area contributed by atoms with E-state index in [4.69, 9.17) is 17.0 Å². The summed E-state index contributed by atoms with van der Waals surface area (Å²) in [5, 5.41) is 8.81. The number of carbonyl (C=O) groups excluding carboxylic acids is 1. The van der Waals surface area contributed by atoms with Crippen molar-refractivity contribution in [2.75, 3.05) is 30.3 Å². The average Bonchev–Trinajstić information content (AvgIpc) is 3.09. The summed E-state index contributed by atoms with van der Waals surface area (Å²) in [6.07, 6.45) is 2.87. The largest absolute Gasteiger partial charge is 0.462 e. The molecule has 0 atom stereocenters. The molecule has 2 aromatic rings. The molecule has 30 heavy (non-hydrogen) atoms. The first-order valence-corrected chi connectivity index (χ1v) is 12.5. The molecular formula is C20H25N3O4S3. The fourth-order valence-corrected chi connectivity index (χ4v) is 5.96. The van der Waals surface area contributed by atoms with Gasteiger partial charge in [0.2, 0.25) is 10.0 Å². The van der Waals surface area contributed by atoms with Crippen molar-refractivity contribution in [3.05, 3.63) is 40.8 Å². The number of benzene rings is 1. The van der Waals surface area contributed by atoms with Crippen LogP contribution in [0.2, 0.25) is 0 Å². The van der Waals surface area contributed by atoms with Crippen molar-refractivity contribution in [1.82, 2.24) is 4.31 Å². The Morgan fingerprint density at radius 2 is 1.83 bits per heavy atom. The van der Waals surface area contributed by atoms with E-state index in [1.807, 2.05) is 12.3 Å². The lowest BCUT2D eigenvalue weighted by Crippen LogP contribution is -2.35. The van der Waals surface area contributed by atoms with Crippen LogP contribution in [0.1, 0.15) is 42.1 Å². The SMILES string of the molecule is CCOC(=O)c1c(C)csc1NC(=S)Nc1ccc(S(=O)(=O)N2CCCCC2)cc1. The molecule has 2 heterocycles. The maximum absolute atomic E-state index is 12.7. The number of sulfonamides is 1. The molecule has 2 N–H and O–H groups in total. The second-order valence-electron chi connectivity index (χ2n) is 6.91. The van der Waals surface area contributed by atoms with Crippen LogP contribution < -0.4 is 10.6 Å². The molecule has 0 radical (unpaired) electrons. The number of thiocarbonyl (C=S) groups is 1. The normalized spacial score (nSPS) is 14.9. The standard InChI is InChI=1S/C20H25N3O4S3/c1-3-27-19(24)17-14(2)13-29-18(17)22-20(28)21-15-7-9-16(10-8-15)30(25,26)23-11-5-4-6-12-23/h7-10,13H,3-6,11-12H2,1-2H3,(H2,21,22,28). The number of anilines is 2. The van der Waals surface area contributed by atoms with Gasteiger partial charge in [-0.15, -0.1) is 11.3 Å². The van der Waals surface area contributed by atoms with Gasteiger partial charge in [0.15, 0.2) is 5.11 Å². The highest BCUT2D eigenvalue weighted by atomic mass is 32.2. The summed E-state index contributed by atoms with van der Waals surface area (Å²) in [6, 6.07) is 6.51. The molecule has 1 aliphatic heterocycles. The van der Waals surface area contributed by atoms with Crippen LogP contribution in [0.5, 0.6) is 0 Å². The van der Waals surface area contributed by atoms with Gasteiger partial charge in [-0.2, -0.15) is 4.31 Å². The van der Waals surface area contributed by atoms with Gasteiger partial charge in [-0.1, -0.05) is 6.42 Å². The predicted octanol–water partition coefficient (Wildman–Crippen LogP) is 4.22. The number of nitrogens with one attached hydrogen (secondary N) is 2. The van der Waals surface area contributed by atoms with Crippen LogP contribution in [0.15, 0.2) is 34.5 Å². The van der Waals surface area contributed by atoms with Crippen LogP contribution in [-0.4, -0.2) is 43.5 Å². The molecule has 1 fully saturated rings. The molecule has 1 saturated heterocycles. The molecule has 1 aromatic carbocycles. The molecule has 0 bridgehead atoms. The number of nitrogens with zero attached hydrogens (tertiary/aromatic N) is 1. The van der Waals surface area contributed by atoms with Gasteiger partial charge < -0.3 is 15.4 Å². The molecule has 162 valence electrons. The fraction of sp³-hybridized carbons (Fsp3) is 0.400. The van der Waals surface area contributed by atoms with Gasteiger partial charge in [0, 0.05) is 18.8 Å². The summed E-state index contributed by atoms with van der Waals surface area (Å²) in [7, 11) is -3.47. The molecule has 1 aliphatic rings. The second kappa shape index (κ2) is 9.86. The minimum atomic E-state index is -3.47. The van der Waals surface area contributed by atoms with Crippen molar-refractivity contribution < 1.29 is 17.9 Å². The summed E-state index contributed by atoms with van der Waals surface area (Å²) < 4.78 is 32.1. The Balaban J connectivity index is 1.66. The van der Waals surface area contributed by atoms with Crippen molar-refractivity contribution in [3.8, 4) is 0 Å². The predicted molar refractivity (Wildman–Crippen MR) is 124 cm³/mol. The lowest BCUT2D eigenvalue weighted by atomic mass is 10.2. The summed E-state index contributed by atoms with van der Waals surface area (Å²) >= 11 is 6.72. The summed E-state index contributed by atoms with van der Waals surface area (Å²) in [4.78, 5) is 12.4. The molecule has 0 spiro atoms. The van der Waals surface area contributed by atoms with E-state index in [2.05, 4.69) is 10.6 Å². The first kappa shape index (κ1) is 22.7.